The fourth-order valence-electron chi connectivity index (χ4n) is 19.5. The SMILES string of the molecule is CN1CCC(=S)N2CCc3cc(-c4cccnc4)cc1c32.CN1CCc2cc(-c3cccnc3)cc3c2N(CC3)C1=S.S=C1CCCc2cc(-c3cccnc3)cc3c2N1CC3.S=C1CCCc2cc(-c3cccnc3)cc3c2N1CC3.S=C1NCCc2cc(-c3cccnc3)cc3c2N1CC3.S=C1OCCc2cc(-c3cccnc3)cc3c2N1CC3. The van der Waals surface area contributed by atoms with E-state index in [4.69, 9.17) is 78.0 Å². The van der Waals surface area contributed by atoms with Gasteiger partial charge in [-0.25, -0.2) is 0 Å². The second-order valence-corrected chi connectivity index (χ2v) is 35.5. The normalized spacial score (nSPS) is 16.8. The van der Waals surface area contributed by atoms with Gasteiger partial charge in [-0.1, -0.05) is 73.1 Å². The number of pyridine rings is 6. The quantitative estimate of drug-likeness (QED) is 0.159. The Morgan fingerprint density at radius 3 is 0.975 bits per heavy atom. The van der Waals surface area contributed by atoms with E-state index in [0.717, 1.165) is 192 Å². The van der Waals surface area contributed by atoms with Crippen LogP contribution in [0.1, 0.15) is 93.3 Å². The molecule has 6 aromatic heterocycles. The number of ether oxygens (including phenoxy) is 1. The lowest BCUT2D eigenvalue weighted by molar-refractivity contribution is 0.314. The maximum Gasteiger partial charge on any atom is 0.263 e. The number of rotatable bonds is 6. The van der Waals surface area contributed by atoms with Gasteiger partial charge in [0, 0.05) is 216 Å². The molecule has 12 aromatic rings. The Kier molecular flexibility index (Phi) is 23.5. The van der Waals surface area contributed by atoms with Crippen molar-refractivity contribution in [1.29, 1.82) is 0 Å². The first-order chi connectivity index (χ1) is 59.8. The molecule has 1 N–H and O–H groups in total. The molecule has 6 aromatic carbocycles. The Morgan fingerprint density at radius 2 is 0.574 bits per heavy atom. The highest BCUT2D eigenvalue weighted by atomic mass is 32.1. The molecule has 0 saturated heterocycles. The zero-order valence-electron chi connectivity index (χ0n) is 68.8. The minimum absolute atomic E-state index is 0.622. The number of aryl methyl sites for hydroxylation is 2. The highest BCUT2D eigenvalue weighted by molar-refractivity contribution is 7.81. The molecule has 0 atom stereocenters. The monoisotopic (exact) mass is 1710 g/mol. The highest BCUT2D eigenvalue weighted by Gasteiger charge is 2.36. The fourth-order valence-corrected chi connectivity index (χ4v) is 21.2. The third kappa shape index (κ3) is 16.5. The van der Waals surface area contributed by atoms with Crippen molar-refractivity contribution >= 4 is 143 Å². The lowest BCUT2D eigenvalue weighted by atomic mass is 9.97. The molecule has 0 fully saturated rings. The van der Waals surface area contributed by atoms with Crippen molar-refractivity contribution < 1.29 is 4.74 Å². The van der Waals surface area contributed by atoms with Crippen LogP contribution in [0.5, 0.6) is 0 Å². The predicted molar refractivity (Wildman–Crippen MR) is 521 cm³/mol. The second-order valence-electron chi connectivity index (χ2n) is 32.9. The first-order valence-electron chi connectivity index (χ1n) is 42.8. The van der Waals surface area contributed by atoms with E-state index in [1.54, 1.807) is 6.20 Å². The van der Waals surface area contributed by atoms with Crippen molar-refractivity contribution in [3.05, 3.63) is 281 Å². The summed E-state index contributed by atoms with van der Waals surface area (Å²) in [5.74, 6) is 0. The number of anilines is 7. The maximum absolute atomic E-state index is 5.61. The van der Waals surface area contributed by atoms with Gasteiger partial charge in [0.2, 0.25) is 0 Å². The van der Waals surface area contributed by atoms with Crippen molar-refractivity contribution in [3.63, 3.8) is 0 Å². The smallest absolute Gasteiger partial charge is 0.263 e. The predicted octanol–water partition coefficient (Wildman–Crippen LogP) is 19.2. The summed E-state index contributed by atoms with van der Waals surface area (Å²) in [6.07, 6.45) is 39.6. The van der Waals surface area contributed by atoms with Crippen molar-refractivity contribution in [2.45, 2.75) is 103 Å². The molecule has 12 aliphatic heterocycles. The van der Waals surface area contributed by atoms with Crippen LogP contribution in [0.4, 0.5) is 39.8 Å². The van der Waals surface area contributed by atoms with Crippen molar-refractivity contribution in [3.8, 4) is 66.8 Å². The van der Waals surface area contributed by atoms with Crippen LogP contribution in [-0.2, 0) is 75.4 Å². The molecule has 18 heterocycles. The number of likely N-dealkylation sites (N-methyl/N-ethyl adjacent to an activating group) is 1. The summed E-state index contributed by atoms with van der Waals surface area (Å²) in [7, 11) is 4.25. The molecule has 0 aliphatic carbocycles. The molecule has 0 spiro atoms. The van der Waals surface area contributed by atoms with E-state index in [1.165, 1.54) is 162 Å². The van der Waals surface area contributed by atoms with Gasteiger partial charge < -0.3 is 49.3 Å². The maximum atomic E-state index is 5.61. The van der Waals surface area contributed by atoms with E-state index in [1.807, 2.05) is 105 Å². The summed E-state index contributed by atoms with van der Waals surface area (Å²) in [4.78, 5) is 47.0. The van der Waals surface area contributed by atoms with Gasteiger partial charge in [0.1, 0.15) is 0 Å². The van der Waals surface area contributed by atoms with Crippen molar-refractivity contribution in [2.75, 3.05) is 114 Å². The molecule has 0 saturated carbocycles. The fraction of sp³-hybridized carbons (Fsp3) is 0.280. The summed E-state index contributed by atoms with van der Waals surface area (Å²) in [5, 5.41) is 5.78. The molecule has 0 bridgehead atoms. The Morgan fingerprint density at radius 1 is 0.279 bits per heavy atom. The number of hydrogen-bond donors (Lipinski definition) is 1. The molecule has 0 unspecified atom stereocenters. The lowest BCUT2D eigenvalue weighted by Gasteiger charge is -2.25. The largest absolute Gasteiger partial charge is 0.470 e. The minimum atomic E-state index is 0.622. The Balaban J connectivity index is 0.0000000964. The summed E-state index contributed by atoms with van der Waals surface area (Å²) in [5.41, 5.74) is 39.7. The van der Waals surface area contributed by atoms with Crippen LogP contribution in [0, 0.1) is 0 Å². The van der Waals surface area contributed by atoms with Gasteiger partial charge in [-0.05, 0) is 330 Å². The zero-order valence-corrected chi connectivity index (χ0v) is 73.7. The topological polar surface area (TPSA) is 125 Å². The molecule has 12 aliphatic rings. The van der Waals surface area contributed by atoms with Gasteiger partial charge in [0.05, 0.1) is 38.6 Å². The third-order valence-electron chi connectivity index (χ3n) is 25.4. The first-order valence-corrected chi connectivity index (χ1v) is 45.3. The van der Waals surface area contributed by atoms with Crippen molar-refractivity contribution in [2.24, 2.45) is 0 Å². The molecule has 16 nitrogen and oxygen atoms in total. The molecule has 122 heavy (non-hydrogen) atoms. The summed E-state index contributed by atoms with van der Waals surface area (Å²) in [6, 6.07) is 52.3. The van der Waals surface area contributed by atoms with Gasteiger partial charge in [0.25, 0.3) is 5.17 Å². The lowest BCUT2D eigenvalue weighted by Crippen LogP contribution is -2.39. The Bertz CT molecular complexity index is 5560. The van der Waals surface area contributed by atoms with E-state index < -0.39 is 0 Å². The zero-order chi connectivity index (χ0) is 82.9. The minimum Gasteiger partial charge on any atom is -0.470 e. The van der Waals surface area contributed by atoms with E-state index in [0.29, 0.717) is 11.8 Å². The van der Waals surface area contributed by atoms with Crippen molar-refractivity contribution in [1.82, 2.24) is 40.1 Å². The Hall–Kier alpha value is -11.2. The van der Waals surface area contributed by atoms with Crippen LogP contribution in [0.25, 0.3) is 66.8 Å². The number of nitrogens with one attached hydrogen (secondary N) is 1. The molecule has 22 heteroatoms. The number of thiocarbonyl (C=S) groups is 6. The van der Waals surface area contributed by atoms with Crippen LogP contribution < -0.4 is 39.6 Å². The van der Waals surface area contributed by atoms with E-state index in [9.17, 15) is 0 Å². The van der Waals surface area contributed by atoms with Gasteiger partial charge in [-0.2, -0.15) is 0 Å². The van der Waals surface area contributed by atoms with Crippen LogP contribution in [0.2, 0.25) is 0 Å². The van der Waals surface area contributed by atoms with Gasteiger partial charge >= 0.3 is 0 Å². The molecule has 0 amide bonds. The van der Waals surface area contributed by atoms with E-state index in [-0.39, 0.29) is 0 Å². The summed E-state index contributed by atoms with van der Waals surface area (Å²) in [6.45, 7) is 9.60. The number of benzene rings is 6. The average Bonchev–Trinajstić information content (AvgIpc) is 1.54. The summed E-state index contributed by atoms with van der Waals surface area (Å²) >= 11 is 33.1. The van der Waals surface area contributed by atoms with Crippen LogP contribution in [0.15, 0.2) is 220 Å². The molecule has 612 valence electrons. The molecular weight excluding hydrogens is 1620 g/mol. The van der Waals surface area contributed by atoms with Crippen LogP contribution >= 0.6 is 73.3 Å². The standard InChI is InChI=1S/2C17H17N3S.2C17H16N2S.C16H15N3S.C16H14N2OS/c1-19-7-5-16(21)20-8-4-12-9-14(10-15(19)17(12)20)13-3-2-6-18-11-13;1-19-7-4-12-9-15(14-3-2-6-18-11-14)10-13-5-8-20(16(12)13)17(19)21;2*20-16-5-1-3-12-9-15(14-4-2-7-18-11-14)10-13-6-8-19(16)17(12)13;20-16-18-6-3-11-8-14(13-2-1-5-17-10-13)9-12-4-7-19(16)15(11)12;20-16-18-6-3-11-8-14(13-2-1-5-17-10-13)9-12(15(11)18)4-7-19-16/h2*2-3,6,9-11H,4-5,7-8H2,1H3;2*2,4,7,9-11H,1,3,5-6,8H2;1-2,5,8-10H,3-4,6-7H2,(H,18,20);1-2,5,8-10H,3-4,6-7H2. The molecule has 24 rings (SSSR count). The first kappa shape index (κ1) is 80.5. The van der Waals surface area contributed by atoms with Gasteiger partial charge in [-0.3, -0.25) is 29.9 Å². The van der Waals surface area contributed by atoms with Crippen LogP contribution in [-0.4, -0.2) is 145 Å². The second kappa shape index (κ2) is 35.7. The van der Waals surface area contributed by atoms with E-state index >= 15 is 0 Å². The number of hydrogen-bond acceptors (Lipinski definition) is 14. The molecule has 0 radical (unpaired) electrons. The number of nitrogens with zero attached hydrogens (tertiary/aromatic N) is 14. The third-order valence-corrected chi connectivity index (χ3v) is 27.9. The van der Waals surface area contributed by atoms with Gasteiger partial charge in [-0.15, -0.1) is 0 Å². The highest BCUT2D eigenvalue weighted by Crippen LogP contribution is 2.47. The number of aromatic nitrogens is 6. The molecular formula is C100H95N15OS6. The summed E-state index contributed by atoms with van der Waals surface area (Å²) < 4.78 is 5.61. The van der Waals surface area contributed by atoms with E-state index in [2.05, 4.69) is 198 Å². The van der Waals surface area contributed by atoms with Crippen LogP contribution in [0.3, 0.4) is 0 Å². The van der Waals surface area contributed by atoms with Gasteiger partial charge in [0.15, 0.2) is 10.2 Å². The Labute approximate surface area is 747 Å². The average molecular weight is 1720 g/mol.